The maximum Gasteiger partial charge on any atom is 0.303 e. The summed E-state index contributed by atoms with van der Waals surface area (Å²) in [4.78, 5) is 40.8. The molecule has 0 amide bonds. The second-order valence-electron chi connectivity index (χ2n) is 11.0. The molecule has 0 bridgehead atoms. The summed E-state index contributed by atoms with van der Waals surface area (Å²) in [5, 5.41) is 2.79. The summed E-state index contributed by atoms with van der Waals surface area (Å²) in [7, 11) is 5.74. The Kier molecular flexibility index (Phi) is 6.95. The molecule has 9 nitrogen and oxygen atoms in total. The number of likely N-dealkylation sites (N-methyl/N-ethyl adjacent to an activating group) is 1. The zero-order chi connectivity index (χ0) is 28.9. The maximum absolute atomic E-state index is 14.3. The van der Waals surface area contributed by atoms with Gasteiger partial charge in [-0.05, 0) is 50.8 Å². The molecule has 9 heteroatoms. The highest BCUT2D eigenvalue weighted by molar-refractivity contribution is 6.04. The van der Waals surface area contributed by atoms with Crippen molar-refractivity contribution < 1.29 is 28.5 Å². The molecule has 0 aliphatic carbocycles. The Labute approximate surface area is 232 Å². The number of benzene rings is 3. The van der Waals surface area contributed by atoms with Crippen LogP contribution >= 0.6 is 0 Å². The summed E-state index contributed by atoms with van der Waals surface area (Å²) < 4.78 is 26.1. The topological polar surface area (TPSA) is 96.3 Å². The molecule has 3 aromatic carbocycles. The minimum absolute atomic E-state index is 0.216. The van der Waals surface area contributed by atoms with Gasteiger partial charge in [-0.15, -0.1) is 0 Å². The molecular weight excluding hydrogens is 512 g/mol. The Morgan fingerprint density at radius 1 is 1.02 bits per heavy atom. The normalized spacial score (nSPS) is 18.0. The maximum atomic E-state index is 14.3. The summed E-state index contributed by atoms with van der Waals surface area (Å²) in [5.41, 5.74) is 0.361. The zero-order valence-corrected chi connectivity index (χ0v) is 23.9. The zero-order valence-electron chi connectivity index (χ0n) is 23.9. The number of carbonyl (C=O) groups is 2. The second-order valence-corrected chi connectivity index (χ2v) is 11.0. The molecule has 0 spiro atoms. The molecule has 1 aliphatic heterocycles. The first kappa shape index (κ1) is 27.5. The Hall–Kier alpha value is -4.11. The van der Waals surface area contributed by atoms with E-state index in [1.54, 1.807) is 19.9 Å². The SMILES string of the molecule is CC(=O)OC1c2c(cc(OCCN(C)C)c3c(=O)c4cc5ccccc5cc4n(C)c23)OC(C)(C)C1OC(C)=O. The number of hydrogen-bond acceptors (Lipinski definition) is 8. The third-order valence-electron chi connectivity index (χ3n) is 7.30. The number of ether oxygens (including phenoxy) is 4. The summed E-state index contributed by atoms with van der Waals surface area (Å²) >= 11 is 0. The fourth-order valence-corrected chi connectivity index (χ4v) is 5.50. The minimum atomic E-state index is -1.06. The van der Waals surface area contributed by atoms with Gasteiger partial charge in [-0.25, -0.2) is 0 Å². The van der Waals surface area contributed by atoms with Gasteiger partial charge in [-0.1, -0.05) is 24.3 Å². The molecule has 0 saturated heterocycles. The molecule has 4 aromatic rings. The van der Waals surface area contributed by atoms with Crippen LogP contribution in [0.15, 0.2) is 47.3 Å². The van der Waals surface area contributed by atoms with Crippen LogP contribution in [0.1, 0.15) is 39.4 Å². The van der Waals surface area contributed by atoms with Crippen LogP contribution in [0.5, 0.6) is 11.5 Å². The fourth-order valence-electron chi connectivity index (χ4n) is 5.50. The lowest BCUT2D eigenvalue weighted by Gasteiger charge is -2.43. The molecular formula is C31H34N2O7. The molecule has 40 heavy (non-hydrogen) atoms. The lowest BCUT2D eigenvalue weighted by molar-refractivity contribution is -0.187. The largest absolute Gasteiger partial charge is 0.491 e. The lowest BCUT2D eigenvalue weighted by Crippen LogP contribution is -2.52. The predicted molar refractivity (Wildman–Crippen MR) is 153 cm³/mol. The molecule has 2 heterocycles. The van der Waals surface area contributed by atoms with Crippen molar-refractivity contribution >= 4 is 44.5 Å². The average Bonchev–Trinajstić information content (AvgIpc) is 2.87. The third kappa shape index (κ3) is 4.75. The Morgan fingerprint density at radius 2 is 1.68 bits per heavy atom. The van der Waals surface area contributed by atoms with Gasteiger partial charge < -0.3 is 28.4 Å². The minimum Gasteiger partial charge on any atom is -0.491 e. The number of fused-ring (bicyclic) bond motifs is 5. The van der Waals surface area contributed by atoms with Crippen molar-refractivity contribution in [1.82, 2.24) is 9.47 Å². The molecule has 2 unspecified atom stereocenters. The van der Waals surface area contributed by atoms with Crippen molar-refractivity contribution in [3.8, 4) is 11.5 Å². The van der Waals surface area contributed by atoms with Crippen LogP contribution in [0.2, 0.25) is 0 Å². The number of esters is 2. The summed E-state index contributed by atoms with van der Waals surface area (Å²) in [6, 6.07) is 13.4. The number of nitrogens with zero attached hydrogens (tertiary/aromatic N) is 2. The van der Waals surface area contributed by atoms with Gasteiger partial charge >= 0.3 is 11.9 Å². The van der Waals surface area contributed by atoms with Crippen LogP contribution < -0.4 is 14.9 Å². The fraction of sp³-hybridized carbons (Fsp3) is 0.387. The van der Waals surface area contributed by atoms with Crippen LogP contribution in [0, 0.1) is 0 Å². The Balaban J connectivity index is 1.91. The molecule has 0 fully saturated rings. The van der Waals surface area contributed by atoms with Gasteiger partial charge in [0.05, 0.1) is 22.0 Å². The van der Waals surface area contributed by atoms with Crippen LogP contribution in [0.25, 0.3) is 32.6 Å². The number of hydrogen-bond donors (Lipinski definition) is 0. The Bertz CT molecular complexity index is 1720. The van der Waals surface area contributed by atoms with E-state index in [2.05, 4.69) is 0 Å². The van der Waals surface area contributed by atoms with E-state index in [0.29, 0.717) is 52.0 Å². The van der Waals surface area contributed by atoms with E-state index in [1.165, 1.54) is 13.8 Å². The molecule has 5 rings (SSSR count). The van der Waals surface area contributed by atoms with Gasteiger partial charge in [-0.2, -0.15) is 0 Å². The van der Waals surface area contributed by atoms with Crippen LogP contribution in [0.3, 0.4) is 0 Å². The van der Waals surface area contributed by atoms with Crippen molar-refractivity contribution in [3.63, 3.8) is 0 Å². The molecule has 1 aliphatic rings. The monoisotopic (exact) mass is 546 g/mol. The van der Waals surface area contributed by atoms with E-state index in [4.69, 9.17) is 18.9 Å². The van der Waals surface area contributed by atoms with E-state index in [1.807, 2.05) is 67.0 Å². The van der Waals surface area contributed by atoms with Gasteiger partial charge in [0.1, 0.15) is 23.7 Å². The molecule has 0 N–H and O–H groups in total. The van der Waals surface area contributed by atoms with Crippen molar-refractivity contribution in [1.29, 1.82) is 0 Å². The summed E-state index contributed by atoms with van der Waals surface area (Å²) in [6.45, 7) is 7.10. The predicted octanol–water partition coefficient (Wildman–Crippen LogP) is 4.49. The first-order valence-electron chi connectivity index (χ1n) is 13.2. The van der Waals surface area contributed by atoms with E-state index < -0.39 is 29.7 Å². The Morgan fingerprint density at radius 3 is 2.30 bits per heavy atom. The van der Waals surface area contributed by atoms with Crippen molar-refractivity contribution in [2.75, 3.05) is 27.2 Å². The molecule has 1 aromatic heterocycles. The first-order chi connectivity index (χ1) is 18.9. The highest BCUT2D eigenvalue weighted by Crippen LogP contribution is 2.49. The van der Waals surface area contributed by atoms with Gasteiger partial charge in [0, 0.05) is 38.9 Å². The summed E-state index contributed by atoms with van der Waals surface area (Å²) in [6.07, 6.45) is -1.99. The van der Waals surface area contributed by atoms with Gasteiger partial charge in [-0.3, -0.25) is 14.4 Å². The van der Waals surface area contributed by atoms with Crippen LogP contribution in [-0.2, 0) is 26.1 Å². The standard InChI is InChI=1S/C31H34N2O7/c1-17(34)38-29-26-24(40-31(3,4)30(29)39-18(2)35)16-23(37-13-12-32(5)6)25-27(26)33(7)22-15-20-11-9-8-10-19(20)14-21(22)28(25)36/h8-11,14-16,29-30H,12-13H2,1-7H3. The molecule has 210 valence electrons. The smallest absolute Gasteiger partial charge is 0.303 e. The number of carbonyl (C=O) groups excluding carboxylic acids is 2. The van der Waals surface area contributed by atoms with Gasteiger partial charge in [0.2, 0.25) is 5.43 Å². The molecule has 2 atom stereocenters. The van der Waals surface area contributed by atoms with E-state index in [-0.39, 0.29) is 5.43 Å². The second kappa shape index (κ2) is 10.1. The van der Waals surface area contributed by atoms with E-state index in [9.17, 15) is 14.4 Å². The average molecular weight is 547 g/mol. The van der Waals surface area contributed by atoms with Crippen molar-refractivity contribution in [2.45, 2.75) is 45.5 Å². The molecule has 0 saturated carbocycles. The quantitative estimate of drug-likeness (QED) is 0.258. The highest BCUT2D eigenvalue weighted by Gasteiger charge is 2.50. The van der Waals surface area contributed by atoms with Gasteiger partial charge in [0.25, 0.3) is 0 Å². The highest BCUT2D eigenvalue weighted by atomic mass is 16.6. The number of aromatic nitrogens is 1. The van der Waals surface area contributed by atoms with E-state index in [0.717, 1.165) is 10.8 Å². The first-order valence-corrected chi connectivity index (χ1v) is 13.2. The van der Waals surface area contributed by atoms with Gasteiger partial charge in [0.15, 0.2) is 12.2 Å². The van der Waals surface area contributed by atoms with Crippen molar-refractivity contribution in [3.05, 3.63) is 58.3 Å². The van der Waals surface area contributed by atoms with Crippen molar-refractivity contribution in [2.24, 2.45) is 7.05 Å². The number of pyridine rings is 1. The van der Waals surface area contributed by atoms with Crippen LogP contribution in [0.4, 0.5) is 0 Å². The molecule has 0 radical (unpaired) electrons. The number of rotatable bonds is 6. The lowest BCUT2D eigenvalue weighted by atomic mass is 9.86. The van der Waals surface area contributed by atoms with Crippen LogP contribution in [-0.4, -0.2) is 60.4 Å². The third-order valence-corrected chi connectivity index (χ3v) is 7.30. The summed E-state index contributed by atoms with van der Waals surface area (Å²) in [5.74, 6) is -0.334. The van der Waals surface area contributed by atoms with E-state index >= 15 is 0 Å². The number of aryl methyl sites for hydroxylation is 1.